The Morgan fingerprint density at radius 1 is 1.25 bits per heavy atom. The maximum Gasteiger partial charge on any atom is 0.129 e. The lowest BCUT2D eigenvalue weighted by molar-refractivity contribution is 0.629. The van der Waals surface area contributed by atoms with E-state index in [-0.39, 0.29) is 11.7 Å². The number of hydrogen-bond acceptors (Lipinski definition) is 2. The van der Waals surface area contributed by atoms with Crippen molar-refractivity contribution in [2.45, 2.75) is 5.88 Å². The molecule has 1 aromatic heterocycles. The van der Waals surface area contributed by atoms with Gasteiger partial charge in [-0.05, 0) is 24.3 Å². The highest BCUT2D eigenvalue weighted by Gasteiger charge is 2.14. The molecule has 20 heavy (non-hydrogen) atoms. The summed E-state index contributed by atoms with van der Waals surface area (Å²) in [7, 11) is 0. The molecule has 0 aliphatic heterocycles. The van der Waals surface area contributed by atoms with Crippen molar-refractivity contribution >= 4 is 22.6 Å². The third-order valence-corrected chi connectivity index (χ3v) is 3.31. The molecule has 3 aromatic rings. The number of fused-ring (bicyclic) bond motifs is 1. The summed E-state index contributed by atoms with van der Waals surface area (Å²) < 4.78 is 15.1. The Balaban J connectivity index is 2.38. The first-order valence-electron chi connectivity index (χ1n) is 5.97. The van der Waals surface area contributed by atoms with Gasteiger partial charge in [-0.3, -0.25) is 4.57 Å². The molecule has 0 N–H and O–H groups in total. The third-order valence-electron chi connectivity index (χ3n) is 3.07. The SMILES string of the molecule is N#Cc1ccccc1-n1c(CCl)nc2cc(F)ccc21. The topological polar surface area (TPSA) is 41.6 Å². The van der Waals surface area contributed by atoms with Crippen LogP contribution in [0.5, 0.6) is 0 Å². The van der Waals surface area contributed by atoms with Crippen molar-refractivity contribution < 1.29 is 4.39 Å². The van der Waals surface area contributed by atoms with Gasteiger partial charge in [0.05, 0.1) is 28.2 Å². The van der Waals surface area contributed by atoms with Crippen molar-refractivity contribution in [2.75, 3.05) is 0 Å². The average Bonchev–Trinajstić information content (AvgIpc) is 2.84. The predicted octanol–water partition coefficient (Wildman–Crippen LogP) is 3.78. The molecule has 0 amide bonds. The van der Waals surface area contributed by atoms with E-state index in [1.54, 1.807) is 22.8 Å². The monoisotopic (exact) mass is 285 g/mol. The zero-order valence-electron chi connectivity index (χ0n) is 10.3. The van der Waals surface area contributed by atoms with Gasteiger partial charge in [0, 0.05) is 6.07 Å². The highest BCUT2D eigenvalue weighted by molar-refractivity contribution is 6.17. The van der Waals surface area contributed by atoms with Crippen LogP contribution in [0.2, 0.25) is 0 Å². The number of alkyl halides is 1. The van der Waals surface area contributed by atoms with Crippen LogP contribution in [0.3, 0.4) is 0 Å². The summed E-state index contributed by atoms with van der Waals surface area (Å²) >= 11 is 5.93. The van der Waals surface area contributed by atoms with E-state index in [2.05, 4.69) is 11.1 Å². The van der Waals surface area contributed by atoms with Crippen LogP contribution in [0.25, 0.3) is 16.7 Å². The smallest absolute Gasteiger partial charge is 0.129 e. The van der Waals surface area contributed by atoms with E-state index in [1.807, 2.05) is 12.1 Å². The van der Waals surface area contributed by atoms with Crippen molar-refractivity contribution in [3.8, 4) is 11.8 Å². The van der Waals surface area contributed by atoms with Crippen LogP contribution in [0.1, 0.15) is 11.4 Å². The summed E-state index contributed by atoms with van der Waals surface area (Å²) in [5.41, 5.74) is 2.46. The summed E-state index contributed by atoms with van der Waals surface area (Å²) in [6, 6.07) is 13.7. The van der Waals surface area contributed by atoms with Crippen LogP contribution in [-0.2, 0) is 5.88 Å². The molecule has 3 nitrogen and oxygen atoms in total. The fourth-order valence-electron chi connectivity index (χ4n) is 2.22. The molecule has 0 unspecified atom stereocenters. The summed E-state index contributed by atoms with van der Waals surface area (Å²) in [5, 5.41) is 9.22. The standard InChI is InChI=1S/C15H9ClFN3/c16-8-15-19-12-7-11(17)5-6-14(12)20(15)13-4-2-1-3-10(13)9-18/h1-7H,8H2. The number of halogens is 2. The van der Waals surface area contributed by atoms with Gasteiger partial charge in [0.1, 0.15) is 17.7 Å². The average molecular weight is 286 g/mol. The van der Waals surface area contributed by atoms with E-state index < -0.39 is 0 Å². The molecular weight excluding hydrogens is 277 g/mol. The first kappa shape index (κ1) is 12.6. The van der Waals surface area contributed by atoms with Gasteiger partial charge in [-0.25, -0.2) is 9.37 Å². The van der Waals surface area contributed by atoms with Gasteiger partial charge in [-0.1, -0.05) is 12.1 Å². The maximum absolute atomic E-state index is 13.3. The first-order valence-corrected chi connectivity index (χ1v) is 6.50. The van der Waals surface area contributed by atoms with Gasteiger partial charge >= 0.3 is 0 Å². The van der Waals surface area contributed by atoms with E-state index in [4.69, 9.17) is 11.6 Å². The lowest BCUT2D eigenvalue weighted by atomic mass is 10.2. The Hall–Kier alpha value is -2.38. The largest absolute Gasteiger partial charge is 0.294 e. The molecule has 0 bridgehead atoms. The number of aromatic nitrogens is 2. The maximum atomic E-state index is 13.3. The third kappa shape index (κ3) is 1.93. The molecule has 98 valence electrons. The van der Waals surface area contributed by atoms with Crippen LogP contribution < -0.4 is 0 Å². The predicted molar refractivity (Wildman–Crippen MR) is 75.3 cm³/mol. The fraction of sp³-hybridized carbons (Fsp3) is 0.0667. The van der Waals surface area contributed by atoms with E-state index in [0.29, 0.717) is 22.6 Å². The molecule has 5 heteroatoms. The van der Waals surface area contributed by atoms with Gasteiger partial charge in [-0.15, -0.1) is 11.6 Å². The highest BCUT2D eigenvalue weighted by atomic mass is 35.5. The summed E-state index contributed by atoms with van der Waals surface area (Å²) in [6.07, 6.45) is 0. The number of imidazole rings is 1. The van der Waals surface area contributed by atoms with Crippen molar-refractivity contribution in [1.82, 2.24) is 9.55 Å². The van der Waals surface area contributed by atoms with Crippen LogP contribution in [0.4, 0.5) is 4.39 Å². The summed E-state index contributed by atoms with van der Waals surface area (Å²) in [6.45, 7) is 0. The number of hydrogen-bond donors (Lipinski definition) is 0. The summed E-state index contributed by atoms with van der Waals surface area (Å²) in [4.78, 5) is 4.33. The molecule has 0 saturated heterocycles. The lowest BCUT2D eigenvalue weighted by Crippen LogP contribution is -2.01. The second-order valence-electron chi connectivity index (χ2n) is 4.26. The molecule has 0 fully saturated rings. The molecule has 0 atom stereocenters. The highest BCUT2D eigenvalue weighted by Crippen LogP contribution is 2.25. The Kier molecular flexibility index (Phi) is 3.13. The van der Waals surface area contributed by atoms with Crippen molar-refractivity contribution in [1.29, 1.82) is 5.26 Å². The zero-order valence-corrected chi connectivity index (χ0v) is 11.1. The minimum Gasteiger partial charge on any atom is -0.294 e. The van der Waals surface area contributed by atoms with E-state index >= 15 is 0 Å². The Morgan fingerprint density at radius 3 is 2.80 bits per heavy atom. The van der Waals surface area contributed by atoms with Gasteiger partial charge in [0.2, 0.25) is 0 Å². The van der Waals surface area contributed by atoms with Crippen molar-refractivity contribution in [2.24, 2.45) is 0 Å². The van der Waals surface area contributed by atoms with E-state index in [9.17, 15) is 9.65 Å². The van der Waals surface area contributed by atoms with Gasteiger partial charge in [0.15, 0.2) is 0 Å². The lowest BCUT2D eigenvalue weighted by Gasteiger charge is -2.09. The molecule has 0 saturated carbocycles. The molecule has 0 spiro atoms. The Labute approximate surface area is 119 Å². The second kappa shape index (κ2) is 4.95. The number of benzene rings is 2. The molecule has 3 rings (SSSR count). The summed E-state index contributed by atoms with van der Waals surface area (Å²) in [5.74, 6) is 0.405. The number of nitriles is 1. The molecule has 0 radical (unpaired) electrons. The normalized spacial score (nSPS) is 10.7. The van der Waals surface area contributed by atoms with Gasteiger partial charge in [-0.2, -0.15) is 5.26 Å². The quantitative estimate of drug-likeness (QED) is 0.673. The van der Waals surface area contributed by atoms with Gasteiger partial charge < -0.3 is 0 Å². The first-order chi connectivity index (χ1) is 9.74. The number of nitrogens with zero attached hydrogens (tertiary/aromatic N) is 3. The van der Waals surface area contributed by atoms with E-state index in [0.717, 1.165) is 5.52 Å². The zero-order chi connectivity index (χ0) is 14.1. The minimum atomic E-state index is -0.350. The number of rotatable bonds is 2. The Morgan fingerprint density at radius 2 is 2.05 bits per heavy atom. The molecule has 0 aliphatic rings. The molecule has 1 heterocycles. The van der Waals surface area contributed by atoms with Crippen LogP contribution in [0, 0.1) is 17.1 Å². The minimum absolute atomic E-state index is 0.177. The van der Waals surface area contributed by atoms with Crippen LogP contribution in [-0.4, -0.2) is 9.55 Å². The van der Waals surface area contributed by atoms with Crippen LogP contribution >= 0.6 is 11.6 Å². The molecule has 0 aliphatic carbocycles. The van der Waals surface area contributed by atoms with Crippen molar-refractivity contribution in [3.05, 3.63) is 59.7 Å². The number of para-hydroxylation sites is 1. The van der Waals surface area contributed by atoms with Crippen LogP contribution in [0.15, 0.2) is 42.5 Å². The molecular formula is C15H9ClFN3. The second-order valence-corrected chi connectivity index (χ2v) is 4.53. The fourth-order valence-corrected chi connectivity index (χ4v) is 2.40. The van der Waals surface area contributed by atoms with E-state index in [1.165, 1.54) is 12.1 Å². The van der Waals surface area contributed by atoms with Crippen molar-refractivity contribution in [3.63, 3.8) is 0 Å². The molecule has 2 aromatic carbocycles. The Bertz CT molecular complexity index is 833. The van der Waals surface area contributed by atoms with Gasteiger partial charge in [0.25, 0.3) is 0 Å².